The van der Waals surface area contributed by atoms with Gasteiger partial charge in [-0.25, -0.2) is 0 Å². The predicted molar refractivity (Wildman–Crippen MR) is 29.7 cm³/mol. The van der Waals surface area contributed by atoms with Crippen molar-refractivity contribution in [3.8, 4) is 0 Å². The summed E-state index contributed by atoms with van der Waals surface area (Å²) in [5.74, 6) is -1.27. The van der Waals surface area contributed by atoms with Crippen LogP contribution in [-0.4, -0.2) is 24.4 Å². The van der Waals surface area contributed by atoms with Crippen LogP contribution in [0.25, 0.3) is 0 Å². The molecule has 0 aromatic heterocycles. The second kappa shape index (κ2) is 3.36. The monoisotopic (exact) mass is 169 g/mol. The number of hydrogen-bond acceptors (Lipinski definition) is 2. The average Bonchev–Trinajstić information content (AvgIpc) is 1.85. The molecule has 0 saturated heterocycles. The van der Waals surface area contributed by atoms with Crippen LogP contribution in [0.3, 0.4) is 0 Å². The Morgan fingerprint density at radius 3 is 2.27 bits per heavy atom. The van der Waals surface area contributed by atoms with Gasteiger partial charge >= 0.3 is 6.18 Å². The Labute approximate surface area is 60.6 Å². The van der Waals surface area contributed by atoms with E-state index < -0.39 is 18.1 Å². The molecule has 0 saturated carbocycles. The first kappa shape index (κ1) is 9.93. The molecule has 0 unspecified atom stereocenters. The van der Waals surface area contributed by atoms with Crippen LogP contribution in [0.1, 0.15) is 6.92 Å². The van der Waals surface area contributed by atoms with Crippen LogP contribution in [-0.2, 0) is 9.59 Å². The van der Waals surface area contributed by atoms with E-state index in [1.54, 1.807) is 0 Å². The average molecular weight is 169 g/mol. The highest BCUT2D eigenvalue weighted by Gasteiger charge is 2.36. The maximum atomic E-state index is 11.6. The van der Waals surface area contributed by atoms with Gasteiger partial charge in [-0.15, -0.1) is 0 Å². The van der Waals surface area contributed by atoms with Gasteiger partial charge in [0, 0.05) is 0 Å². The zero-order valence-electron chi connectivity index (χ0n) is 5.61. The molecule has 0 radical (unpaired) electrons. The fourth-order valence-electron chi connectivity index (χ4n) is 0.329. The van der Waals surface area contributed by atoms with Crippen molar-refractivity contribution in [2.75, 3.05) is 0 Å². The van der Waals surface area contributed by atoms with E-state index in [9.17, 15) is 22.8 Å². The maximum Gasteiger partial charge on any atom is 0.408 e. The van der Waals surface area contributed by atoms with E-state index in [0.717, 1.165) is 6.92 Å². The summed E-state index contributed by atoms with van der Waals surface area (Å²) in [6.45, 7) is 0.751. The maximum absolute atomic E-state index is 11.6. The van der Waals surface area contributed by atoms with E-state index in [-0.39, 0.29) is 6.29 Å². The van der Waals surface area contributed by atoms with Gasteiger partial charge in [-0.2, -0.15) is 13.2 Å². The van der Waals surface area contributed by atoms with Crippen molar-refractivity contribution in [2.24, 2.45) is 0 Å². The third-order valence-corrected chi connectivity index (χ3v) is 0.957. The van der Waals surface area contributed by atoms with Crippen LogP contribution in [0.5, 0.6) is 0 Å². The number of carbonyl (C=O) groups excluding carboxylic acids is 2. The van der Waals surface area contributed by atoms with Crippen molar-refractivity contribution in [1.29, 1.82) is 0 Å². The first-order valence-corrected chi connectivity index (χ1v) is 2.70. The van der Waals surface area contributed by atoms with Gasteiger partial charge in [-0.1, -0.05) is 0 Å². The number of carbonyl (C=O) groups is 2. The van der Waals surface area contributed by atoms with Gasteiger partial charge < -0.3 is 5.32 Å². The lowest BCUT2D eigenvalue weighted by Crippen LogP contribution is -2.43. The second-order valence-electron chi connectivity index (χ2n) is 1.89. The minimum absolute atomic E-state index is 0.206. The van der Waals surface area contributed by atoms with Gasteiger partial charge in [0.05, 0.1) is 0 Å². The highest BCUT2D eigenvalue weighted by Crippen LogP contribution is 2.18. The van der Waals surface area contributed by atoms with Crippen molar-refractivity contribution in [1.82, 2.24) is 5.32 Å². The SMILES string of the molecule is C[C@H](NC(=O)C=O)C(F)(F)F. The van der Waals surface area contributed by atoms with E-state index in [4.69, 9.17) is 0 Å². The number of amides is 1. The molecule has 0 aliphatic heterocycles. The Kier molecular flexibility index (Phi) is 3.03. The lowest BCUT2D eigenvalue weighted by atomic mass is 10.3. The van der Waals surface area contributed by atoms with Crippen LogP contribution >= 0.6 is 0 Å². The molecule has 1 amide bonds. The summed E-state index contributed by atoms with van der Waals surface area (Å²) in [7, 11) is 0. The molecule has 0 heterocycles. The minimum Gasteiger partial charge on any atom is -0.338 e. The van der Waals surface area contributed by atoms with Crippen molar-refractivity contribution in [3.05, 3.63) is 0 Å². The number of nitrogens with one attached hydrogen (secondary N) is 1. The molecule has 0 aromatic carbocycles. The van der Waals surface area contributed by atoms with E-state index >= 15 is 0 Å². The van der Waals surface area contributed by atoms with Gasteiger partial charge in [-0.3, -0.25) is 9.59 Å². The molecule has 0 aliphatic carbocycles. The van der Waals surface area contributed by atoms with Gasteiger partial charge in [-0.05, 0) is 6.92 Å². The molecule has 0 spiro atoms. The third-order valence-electron chi connectivity index (χ3n) is 0.957. The Morgan fingerprint density at radius 1 is 1.55 bits per heavy atom. The minimum atomic E-state index is -4.50. The van der Waals surface area contributed by atoms with Gasteiger partial charge in [0.25, 0.3) is 5.91 Å². The number of alkyl halides is 3. The number of aldehydes is 1. The van der Waals surface area contributed by atoms with Crippen molar-refractivity contribution in [2.45, 2.75) is 19.1 Å². The Bertz CT molecular complexity index is 166. The zero-order chi connectivity index (χ0) is 9.07. The van der Waals surface area contributed by atoms with E-state index in [2.05, 4.69) is 0 Å². The summed E-state index contributed by atoms with van der Waals surface area (Å²) in [6, 6.07) is -1.99. The molecule has 64 valence electrons. The molecule has 0 bridgehead atoms. The first-order chi connectivity index (χ1) is 4.88. The first-order valence-electron chi connectivity index (χ1n) is 2.70. The standard InChI is InChI=1S/C5H6F3NO2/c1-3(5(6,7)8)9-4(11)2-10/h2-3H,1H3,(H,9,11)/t3-/m0/s1. The summed E-state index contributed by atoms with van der Waals surface area (Å²) in [5.41, 5.74) is 0. The van der Waals surface area contributed by atoms with E-state index in [1.165, 1.54) is 5.32 Å². The topological polar surface area (TPSA) is 46.2 Å². The van der Waals surface area contributed by atoms with Crippen molar-refractivity contribution in [3.63, 3.8) is 0 Å². The van der Waals surface area contributed by atoms with Gasteiger partial charge in [0.15, 0.2) is 0 Å². The number of halogens is 3. The zero-order valence-corrected chi connectivity index (χ0v) is 5.61. The van der Waals surface area contributed by atoms with E-state index in [0.29, 0.717) is 0 Å². The molecule has 11 heavy (non-hydrogen) atoms. The smallest absolute Gasteiger partial charge is 0.338 e. The summed E-state index contributed by atoms with van der Waals surface area (Å²) in [4.78, 5) is 19.7. The molecule has 0 aliphatic rings. The van der Waals surface area contributed by atoms with Crippen molar-refractivity contribution < 1.29 is 22.8 Å². The fourth-order valence-corrected chi connectivity index (χ4v) is 0.329. The fraction of sp³-hybridized carbons (Fsp3) is 0.600. The highest BCUT2D eigenvalue weighted by molar-refractivity contribution is 6.23. The number of hydrogen-bond donors (Lipinski definition) is 1. The van der Waals surface area contributed by atoms with Crippen LogP contribution in [0.15, 0.2) is 0 Å². The molecule has 1 atom stereocenters. The number of rotatable bonds is 2. The van der Waals surface area contributed by atoms with Crippen LogP contribution in [0.2, 0.25) is 0 Å². The van der Waals surface area contributed by atoms with Gasteiger partial charge in [0.1, 0.15) is 6.04 Å². The van der Waals surface area contributed by atoms with Crippen molar-refractivity contribution >= 4 is 12.2 Å². The molecular weight excluding hydrogens is 163 g/mol. The Morgan fingerprint density at radius 2 is 2.00 bits per heavy atom. The summed E-state index contributed by atoms with van der Waals surface area (Å²) < 4.78 is 34.8. The largest absolute Gasteiger partial charge is 0.408 e. The molecule has 0 rings (SSSR count). The molecule has 3 nitrogen and oxygen atoms in total. The quantitative estimate of drug-likeness (QED) is 0.475. The van der Waals surface area contributed by atoms with E-state index in [1.807, 2.05) is 0 Å². The van der Waals surface area contributed by atoms with Gasteiger partial charge in [0.2, 0.25) is 6.29 Å². The molecule has 1 N–H and O–H groups in total. The third kappa shape index (κ3) is 3.59. The molecule has 0 aromatic rings. The molecule has 6 heteroatoms. The summed E-state index contributed by atoms with van der Waals surface area (Å²) in [5, 5.41) is 1.44. The van der Waals surface area contributed by atoms with Crippen LogP contribution in [0, 0.1) is 0 Å². The van der Waals surface area contributed by atoms with Crippen LogP contribution in [0.4, 0.5) is 13.2 Å². The van der Waals surface area contributed by atoms with Crippen LogP contribution < -0.4 is 5.32 Å². The normalized spacial score (nSPS) is 13.8. The predicted octanol–water partition coefficient (Wildman–Crippen LogP) is 0.252. The molecule has 0 fully saturated rings. The molecular formula is C5H6F3NO2. The lowest BCUT2D eigenvalue weighted by molar-refractivity contribution is -0.158. The lowest BCUT2D eigenvalue weighted by Gasteiger charge is -2.14. The second-order valence-corrected chi connectivity index (χ2v) is 1.89. The Hall–Kier alpha value is -1.07. The summed E-state index contributed by atoms with van der Waals surface area (Å²) >= 11 is 0. The summed E-state index contributed by atoms with van der Waals surface area (Å²) in [6.07, 6.45) is -4.71. The Balaban J connectivity index is 3.97. The highest BCUT2D eigenvalue weighted by atomic mass is 19.4.